The maximum absolute atomic E-state index is 12.6. The Hall–Kier alpha value is -2.76. The molecule has 0 bridgehead atoms. The Balaban J connectivity index is 1.55. The summed E-state index contributed by atoms with van der Waals surface area (Å²) in [6.07, 6.45) is 4.18. The highest BCUT2D eigenvalue weighted by atomic mass is 16.5. The largest absolute Gasteiger partial charge is 0.378 e. The highest BCUT2D eigenvalue weighted by Gasteiger charge is 2.30. The molecule has 2 N–H and O–H groups in total. The van der Waals surface area contributed by atoms with Crippen molar-refractivity contribution in [2.24, 2.45) is 5.92 Å². The predicted molar refractivity (Wildman–Crippen MR) is 105 cm³/mol. The summed E-state index contributed by atoms with van der Waals surface area (Å²) in [6, 6.07) is 5.66. The fourth-order valence-corrected chi connectivity index (χ4v) is 4.08. The van der Waals surface area contributed by atoms with Gasteiger partial charge in [-0.3, -0.25) is 14.8 Å². The lowest BCUT2D eigenvalue weighted by Gasteiger charge is -2.39. The number of nitrogens with zero attached hydrogens (tertiary/aromatic N) is 4. The molecule has 1 aromatic carbocycles. The summed E-state index contributed by atoms with van der Waals surface area (Å²) in [6.45, 7) is 5.50. The van der Waals surface area contributed by atoms with Gasteiger partial charge in [0.1, 0.15) is 23.1 Å². The summed E-state index contributed by atoms with van der Waals surface area (Å²) >= 11 is 0. The summed E-state index contributed by atoms with van der Waals surface area (Å²) in [5.74, 6) is 0.403. The number of carbonyl (C=O) groups excluding carboxylic acids is 1. The van der Waals surface area contributed by atoms with E-state index in [0.717, 1.165) is 24.2 Å². The number of anilines is 1. The van der Waals surface area contributed by atoms with Crippen LogP contribution in [-0.4, -0.2) is 60.8 Å². The molecule has 3 atom stereocenters. The molecule has 0 saturated carbocycles. The average Bonchev–Trinajstić information content (AvgIpc) is 2.73. The van der Waals surface area contributed by atoms with Crippen LogP contribution in [0.4, 0.5) is 5.69 Å². The topological polar surface area (TPSA) is 103 Å². The first-order chi connectivity index (χ1) is 13.7. The molecule has 1 amide bonds. The van der Waals surface area contributed by atoms with E-state index in [1.54, 1.807) is 18.5 Å². The minimum absolute atomic E-state index is 0.0109. The Labute approximate surface area is 163 Å². The van der Waals surface area contributed by atoms with Crippen LogP contribution in [0.15, 0.2) is 24.5 Å². The maximum atomic E-state index is 12.6. The van der Waals surface area contributed by atoms with Gasteiger partial charge in [-0.1, -0.05) is 6.92 Å². The van der Waals surface area contributed by atoms with Gasteiger partial charge in [0.25, 0.3) is 0 Å². The van der Waals surface area contributed by atoms with E-state index in [2.05, 4.69) is 38.5 Å². The number of morpholine rings is 1. The average molecular weight is 380 g/mol. The third-order valence-corrected chi connectivity index (χ3v) is 5.31. The Morgan fingerprint density at radius 3 is 2.89 bits per heavy atom. The summed E-state index contributed by atoms with van der Waals surface area (Å²) in [4.78, 5) is 23.7. The minimum Gasteiger partial charge on any atom is -0.378 e. The number of piperidine rings is 1. The Kier molecular flexibility index (Phi) is 5.37. The summed E-state index contributed by atoms with van der Waals surface area (Å²) in [5.41, 5.74) is 2.81. The van der Waals surface area contributed by atoms with Gasteiger partial charge in [-0.05, 0) is 24.5 Å². The van der Waals surface area contributed by atoms with Gasteiger partial charge >= 0.3 is 0 Å². The molecule has 1 aromatic heterocycles. The van der Waals surface area contributed by atoms with Gasteiger partial charge < -0.3 is 20.3 Å². The van der Waals surface area contributed by atoms with E-state index in [1.807, 2.05) is 6.07 Å². The second-order valence-electron chi connectivity index (χ2n) is 7.53. The van der Waals surface area contributed by atoms with Crippen molar-refractivity contribution in [3.8, 4) is 6.07 Å². The zero-order valence-electron chi connectivity index (χ0n) is 15.9. The van der Waals surface area contributed by atoms with Crippen LogP contribution >= 0.6 is 0 Å². The first-order valence-corrected chi connectivity index (χ1v) is 9.66. The molecule has 8 heteroatoms. The van der Waals surface area contributed by atoms with Crippen LogP contribution in [0.3, 0.4) is 0 Å². The zero-order valence-corrected chi connectivity index (χ0v) is 15.9. The fraction of sp³-hybridized carbons (Fsp3) is 0.500. The monoisotopic (exact) mass is 380 g/mol. The van der Waals surface area contributed by atoms with Crippen LogP contribution in [0.1, 0.15) is 18.9 Å². The van der Waals surface area contributed by atoms with Crippen LogP contribution in [0.5, 0.6) is 0 Å². The molecule has 1 unspecified atom stereocenters. The van der Waals surface area contributed by atoms with Crippen molar-refractivity contribution >= 4 is 22.6 Å². The van der Waals surface area contributed by atoms with Crippen molar-refractivity contribution in [3.05, 3.63) is 30.1 Å². The lowest BCUT2D eigenvalue weighted by atomic mass is 9.94. The van der Waals surface area contributed by atoms with E-state index < -0.39 is 0 Å². The smallest absolute Gasteiger partial charge is 0.239 e. The molecule has 0 radical (unpaired) electrons. The van der Waals surface area contributed by atoms with Gasteiger partial charge in [-0.2, -0.15) is 5.26 Å². The molecule has 28 heavy (non-hydrogen) atoms. The lowest BCUT2D eigenvalue weighted by molar-refractivity contribution is -0.126. The number of benzene rings is 1. The molecular weight excluding hydrogens is 356 g/mol. The molecule has 2 fully saturated rings. The number of ether oxygens (including phenoxy) is 1. The number of carbonyl (C=O) groups is 1. The van der Waals surface area contributed by atoms with E-state index in [9.17, 15) is 10.1 Å². The Morgan fingerprint density at radius 2 is 2.14 bits per heavy atom. The first kappa shape index (κ1) is 18.6. The fourth-order valence-electron chi connectivity index (χ4n) is 4.08. The highest BCUT2D eigenvalue weighted by molar-refractivity contribution is 5.92. The summed E-state index contributed by atoms with van der Waals surface area (Å²) in [7, 11) is 0. The molecule has 0 aliphatic carbocycles. The van der Waals surface area contributed by atoms with Crippen LogP contribution in [-0.2, 0) is 9.53 Å². The van der Waals surface area contributed by atoms with E-state index in [4.69, 9.17) is 4.74 Å². The predicted octanol–water partition coefficient (Wildman–Crippen LogP) is 0.821. The lowest BCUT2D eigenvalue weighted by Crippen LogP contribution is -2.57. The molecule has 8 nitrogen and oxygen atoms in total. The number of fused-ring (bicyclic) bond motifs is 1. The van der Waals surface area contributed by atoms with Crippen LogP contribution in [0.2, 0.25) is 0 Å². The second-order valence-corrected chi connectivity index (χ2v) is 7.53. The summed E-state index contributed by atoms with van der Waals surface area (Å²) < 4.78 is 5.40. The Morgan fingerprint density at radius 1 is 1.32 bits per heavy atom. The van der Waals surface area contributed by atoms with Gasteiger partial charge in [0, 0.05) is 38.1 Å². The van der Waals surface area contributed by atoms with Crippen LogP contribution in [0.25, 0.3) is 11.0 Å². The number of aromatic nitrogens is 2. The number of rotatable bonds is 3. The second kappa shape index (κ2) is 8.09. The highest BCUT2D eigenvalue weighted by Crippen LogP contribution is 2.30. The molecule has 2 aliphatic rings. The van der Waals surface area contributed by atoms with Crippen molar-refractivity contribution in [2.45, 2.75) is 25.4 Å². The number of nitriles is 1. The third-order valence-electron chi connectivity index (χ3n) is 5.31. The normalized spacial score (nSPS) is 25.3. The molecule has 0 spiro atoms. The molecule has 2 aliphatic heterocycles. The quantitative estimate of drug-likeness (QED) is 0.813. The maximum Gasteiger partial charge on any atom is 0.239 e. The van der Waals surface area contributed by atoms with Gasteiger partial charge in [-0.25, -0.2) is 0 Å². The minimum atomic E-state index is -0.291. The van der Waals surface area contributed by atoms with Crippen molar-refractivity contribution in [1.82, 2.24) is 20.6 Å². The zero-order chi connectivity index (χ0) is 19.5. The van der Waals surface area contributed by atoms with E-state index in [1.165, 1.54) is 0 Å². The first-order valence-electron chi connectivity index (χ1n) is 9.66. The molecule has 2 aromatic rings. The third kappa shape index (κ3) is 3.77. The van der Waals surface area contributed by atoms with Crippen LogP contribution in [0, 0.1) is 17.2 Å². The van der Waals surface area contributed by atoms with Gasteiger partial charge in [-0.15, -0.1) is 0 Å². The summed E-state index contributed by atoms with van der Waals surface area (Å²) in [5, 5.41) is 15.7. The standard InChI is InChI=1S/C20H24N6O2/c1-13-8-15(25-20(27)16-12-28-7-6-22-16)11-26(10-13)17-3-2-14(9-21)18-19(17)24-5-4-23-18/h2-5,13,15-16,22H,6-8,10-12H2,1H3,(H,25,27)/t13-,15+,16?/m0/s1. The number of amides is 1. The van der Waals surface area contributed by atoms with Crippen molar-refractivity contribution in [3.63, 3.8) is 0 Å². The Bertz CT molecular complexity index is 905. The number of hydrogen-bond acceptors (Lipinski definition) is 7. The van der Waals surface area contributed by atoms with E-state index in [-0.39, 0.29) is 18.0 Å². The van der Waals surface area contributed by atoms with Gasteiger partial charge in [0.2, 0.25) is 5.91 Å². The molecule has 2 saturated heterocycles. The molecule has 4 rings (SSSR count). The molecule has 3 heterocycles. The SMILES string of the molecule is C[C@H]1C[C@@H](NC(=O)C2COCCN2)CN(c2ccc(C#N)c3nccnc23)C1. The number of nitrogens with one attached hydrogen (secondary N) is 2. The molecule has 146 valence electrons. The van der Waals surface area contributed by atoms with Crippen molar-refractivity contribution in [2.75, 3.05) is 37.7 Å². The van der Waals surface area contributed by atoms with Crippen LogP contribution < -0.4 is 15.5 Å². The van der Waals surface area contributed by atoms with Crippen molar-refractivity contribution < 1.29 is 9.53 Å². The molecular formula is C20H24N6O2. The van der Waals surface area contributed by atoms with E-state index in [0.29, 0.717) is 43.3 Å². The van der Waals surface area contributed by atoms with Gasteiger partial charge in [0.15, 0.2) is 0 Å². The van der Waals surface area contributed by atoms with Crippen molar-refractivity contribution in [1.29, 1.82) is 5.26 Å². The van der Waals surface area contributed by atoms with Gasteiger partial charge in [0.05, 0.1) is 24.5 Å². The number of hydrogen-bond donors (Lipinski definition) is 2. The van der Waals surface area contributed by atoms with E-state index >= 15 is 0 Å².